The van der Waals surface area contributed by atoms with Crippen molar-refractivity contribution in [2.45, 2.75) is 39.4 Å². The Hall–Kier alpha value is -1.92. The zero-order chi connectivity index (χ0) is 17.8. The van der Waals surface area contributed by atoms with Crippen molar-refractivity contribution in [3.05, 3.63) is 51.1 Å². The van der Waals surface area contributed by atoms with E-state index in [9.17, 15) is 4.39 Å². The molecule has 0 saturated heterocycles. The first-order chi connectivity index (χ1) is 12.1. The Kier molecular flexibility index (Phi) is 5.71. The molecule has 0 saturated carbocycles. The zero-order valence-corrected chi connectivity index (χ0v) is 15.7. The van der Waals surface area contributed by atoms with Crippen LogP contribution < -0.4 is 5.32 Å². The van der Waals surface area contributed by atoms with Gasteiger partial charge in [-0.3, -0.25) is 0 Å². The van der Waals surface area contributed by atoms with Crippen LogP contribution in [0, 0.1) is 0 Å². The first kappa shape index (κ1) is 17.9. The van der Waals surface area contributed by atoms with Crippen molar-refractivity contribution in [2.24, 2.45) is 0 Å². The van der Waals surface area contributed by atoms with Gasteiger partial charge in [0.25, 0.3) is 0 Å². The van der Waals surface area contributed by atoms with Gasteiger partial charge in [-0.25, -0.2) is 8.91 Å². The third-order valence-corrected chi connectivity index (χ3v) is 4.91. The van der Waals surface area contributed by atoms with E-state index in [2.05, 4.69) is 21.5 Å². The lowest BCUT2D eigenvalue weighted by Crippen LogP contribution is -2.05. The van der Waals surface area contributed by atoms with Crippen LogP contribution >= 0.6 is 22.9 Å². The van der Waals surface area contributed by atoms with Gasteiger partial charge >= 0.3 is 0 Å². The number of alkyl halides is 1. The first-order valence-corrected chi connectivity index (χ1v) is 9.45. The molecule has 0 spiro atoms. The average Bonchev–Trinajstić information content (AvgIpc) is 3.20. The normalized spacial score (nSPS) is 13.0. The fourth-order valence-electron chi connectivity index (χ4n) is 2.70. The Bertz CT molecular complexity index is 871. The third kappa shape index (κ3) is 4.19. The average molecular weight is 379 g/mol. The topological polar surface area (TPSA) is 42.2 Å². The summed E-state index contributed by atoms with van der Waals surface area (Å²) < 4.78 is 15.1. The Labute approximate surface area is 155 Å². The van der Waals surface area contributed by atoms with Gasteiger partial charge < -0.3 is 5.32 Å². The summed E-state index contributed by atoms with van der Waals surface area (Å²) >= 11 is 7.81. The number of fused-ring (bicyclic) bond motifs is 1. The van der Waals surface area contributed by atoms with Crippen LogP contribution in [0.1, 0.15) is 36.4 Å². The van der Waals surface area contributed by atoms with Crippen LogP contribution in [0.4, 0.5) is 10.2 Å². The molecule has 7 heteroatoms. The van der Waals surface area contributed by atoms with Crippen LogP contribution in [0.2, 0.25) is 5.28 Å². The summed E-state index contributed by atoms with van der Waals surface area (Å²) in [6, 6.07) is 6.10. The number of nitrogens with one attached hydrogen (secondary N) is 1. The molecule has 0 aliphatic carbocycles. The van der Waals surface area contributed by atoms with Crippen LogP contribution in [-0.4, -0.2) is 20.8 Å². The van der Waals surface area contributed by atoms with Gasteiger partial charge in [0.2, 0.25) is 5.28 Å². The maximum absolute atomic E-state index is 13.3. The van der Waals surface area contributed by atoms with E-state index in [-0.39, 0.29) is 5.28 Å². The molecule has 1 atom stereocenters. The second-order valence-electron chi connectivity index (χ2n) is 5.83. The number of hydrogen-bond acceptors (Lipinski definition) is 4. The highest BCUT2D eigenvalue weighted by Gasteiger charge is 2.15. The lowest BCUT2D eigenvalue weighted by Gasteiger charge is -2.07. The highest BCUT2D eigenvalue weighted by Crippen LogP contribution is 2.26. The van der Waals surface area contributed by atoms with Crippen LogP contribution in [0.15, 0.2) is 29.7 Å². The zero-order valence-electron chi connectivity index (χ0n) is 14.2. The Morgan fingerprint density at radius 3 is 3.00 bits per heavy atom. The number of aromatic nitrogens is 3. The number of halogens is 2. The van der Waals surface area contributed by atoms with Gasteiger partial charge in [-0.15, -0.1) is 16.4 Å². The van der Waals surface area contributed by atoms with Gasteiger partial charge in [-0.05, 0) is 67.4 Å². The predicted molar refractivity (Wildman–Crippen MR) is 103 cm³/mol. The summed E-state index contributed by atoms with van der Waals surface area (Å²) in [6.45, 7) is 4.19. The molecular weight excluding hydrogens is 359 g/mol. The summed E-state index contributed by atoms with van der Waals surface area (Å²) in [5, 5.41) is 9.88. The van der Waals surface area contributed by atoms with Crippen molar-refractivity contribution in [2.75, 3.05) is 5.32 Å². The monoisotopic (exact) mass is 378 g/mol. The number of hydrogen-bond donors (Lipinski definition) is 1. The molecule has 0 fully saturated rings. The highest BCUT2D eigenvalue weighted by molar-refractivity contribution is 7.09. The Balaban J connectivity index is 2.00. The van der Waals surface area contributed by atoms with Gasteiger partial charge in [0.1, 0.15) is 5.52 Å². The number of rotatable bonds is 7. The standard InChI is InChI=1S/C18H20ClFN4S/c1-3-5-15-13(8-7-12(2)20)10-16-17(22-18(19)23-24(15)16)21-11-14-6-4-9-25-14/h3-6,9-10,12H,7-8,11H2,1-2H3,(H,21,22,23)/b5-3+. The lowest BCUT2D eigenvalue weighted by molar-refractivity contribution is 0.341. The molecule has 0 amide bonds. The van der Waals surface area contributed by atoms with E-state index in [1.807, 2.05) is 36.6 Å². The van der Waals surface area contributed by atoms with Crippen LogP contribution in [-0.2, 0) is 13.0 Å². The van der Waals surface area contributed by atoms with E-state index in [4.69, 9.17) is 11.6 Å². The van der Waals surface area contributed by atoms with Crippen LogP contribution in [0.3, 0.4) is 0 Å². The molecule has 132 valence electrons. The molecule has 1 unspecified atom stereocenters. The van der Waals surface area contributed by atoms with Gasteiger partial charge in [-0.1, -0.05) is 12.1 Å². The van der Waals surface area contributed by atoms with Crippen molar-refractivity contribution < 1.29 is 4.39 Å². The van der Waals surface area contributed by atoms with Gasteiger partial charge in [-0.2, -0.15) is 4.98 Å². The minimum atomic E-state index is -0.840. The summed E-state index contributed by atoms with van der Waals surface area (Å²) in [4.78, 5) is 5.55. The van der Waals surface area contributed by atoms with E-state index >= 15 is 0 Å². The molecule has 4 nitrogen and oxygen atoms in total. The molecule has 0 aliphatic heterocycles. The van der Waals surface area contributed by atoms with E-state index in [0.29, 0.717) is 25.2 Å². The SMILES string of the molecule is C/C=C/c1c(CCC(C)F)cc2c(NCc3cccs3)nc(Cl)nn12. The summed E-state index contributed by atoms with van der Waals surface area (Å²) in [7, 11) is 0. The smallest absolute Gasteiger partial charge is 0.243 e. The Morgan fingerprint density at radius 1 is 1.48 bits per heavy atom. The maximum Gasteiger partial charge on any atom is 0.243 e. The fraction of sp³-hybridized carbons (Fsp3) is 0.333. The lowest BCUT2D eigenvalue weighted by atomic mass is 10.1. The van der Waals surface area contributed by atoms with Gasteiger partial charge in [0.15, 0.2) is 5.82 Å². The molecule has 0 aromatic carbocycles. The van der Waals surface area contributed by atoms with Crippen molar-refractivity contribution in [3.8, 4) is 0 Å². The van der Waals surface area contributed by atoms with E-state index in [1.54, 1.807) is 22.8 Å². The second kappa shape index (κ2) is 7.97. The molecule has 3 rings (SSSR count). The fourth-order valence-corrected chi connectivity index (χ4v) is 3.51. The van der Waals surface area contributed by atoms with Crippen molar-refractivity contribution in [1.29, 1.82) is 0 Å². The van der Waals surface area contributed by atoms with Gasteiger partial charge in [0, 0.05) is 4.88 Å². The molecule has 0 bridgehead atoms. The molecule has 3 aromatic rings. The molecule has 25 heavy (non-hydrogen) atoms. The van der Waals surface area contributed by atoms with Gasteiger partial charge in [0.05, 0.1) is 18.4 Å². The van der Waals surface area contributed by atoms with Crippen molar-refractivity contribution >= 4 is 40.3 Å². The number of aryl methyl sites for hydroxylation is 1. The maximum atomic E-state index is 13.3. The minimum absolute atomic E-state index is 0.174. The van der Waals surface area contributed by atoms with Crippen LogP contribution in [0.5, 0.6) is 0 Å². The molecule has 1 N–H and O–H groups in total. The summed E-state index contributed by atoms with van der Waals surface area (Å²) in [5.41, 5.74) is 2.80. The van der Waals surface area contributed by atoms with E-state index < -0.39 is 6.17 Å². The molecule has 3 aromatic heterocycles. The Morgan fingerprint density at radius 2 is 2.32 bits per heavy atom. The largest absolute Gasteiger partial charge is 0.363 e. The third-order valence-electron chi connectivity index (χ3n) is 3.87. The molecule has 3 heterocycles. The van der Waals surface area contributed by atoms with E-state index in [1.165, 1.54) is 4.88 Å². The number of anilines is 1. The first-order valence-electron chi connectivity index (χ1n) is 8.19. The minimum Gasteiger partial charge on any atom is -0.363 e. The second-order valence-corrected chi connectivity index (χ2v) is 7.20. The van der Waals surface area contributed by atoms with Crippen LogP contribution in [0.25, 0.3) is 11.6 Å². The molecular formula is C18H20ClFN4S. The molecule has 0 aliphatic rings. The molecule has 0 radical (unpaired) electrons. The predicted octanol–water partition coefficient (Wildman–Crippen LogP) is 5.38. The summed E-state index contributed by atoms with van der Waals surface area (Å²) in [6.07, 6.45) is 4.19. The quantitative estimate of drug-likeness (QED) is 0.600. The number of allylic oxidation sites excluding steroid dienone is 1. The highest BCUT2D eigenvalue weighted by atomic mass is 35.5. The number of thiophene rings is 1. The number of nitrogens with zero attached hydrogens (tertiary/aromatic N) is 3. The summed E-state index contributed by atoms with van der Waals surface area (Å²) in [5.74, 6) is 0.679. The van der Waals surface area contributed by atoms with Crippen molar-refractivity contribution in [1.82, 2.24) is 14.6 Å². The van der Waals surface area contributed by atoms with Crippen molar-refractivity contribution in [3.63, 3.8) is 0 Å². The van der Waals surface area contributed by atoms with E-state index in [0.717, 1.165) is 16.8 Å².